The monoisotopic (exact) mass is 250 g/mol. The first-order chi connectivity index (χ1) is 8.24. The summed E-state index contributed by atoms with van der Waals surface area (Å²) in [6.07, 6.45) is 0. The highest BCUT2D eigenvalue weighted by Gasteiger charge is 2.10. The van der Waals surface area contributed by atoms with Crippen LogP contribution in [0.5, 0.6) is 0 Å². The van der Waals surface area contributed by atoms with Crippen molar-refractivity contribution >= 4 is 17.4 Å². The van der Waals surface area contributed by atoms with E-state index in [0.29, 0.717) is 6.04 Å². The normalized spacial score (nSPS) is 17.4. The van der Waals surface area contributed by atoms with Crippen LogP contribution in [0, 0.1) is 0 Å². The molecular formula is C14H22N2S. The number of benzene rings is 1. The number of thioether (sulfide) groups is 1. The molecule has 1 aromatic rings. The molecular weight excluding hydrogens is 228 g/mol. The van der Waals surface area contributed by atoms with Crippen molar-refractivity contribution in [1.29, 1.82) is 0 Å². The number of nitrogens with one attached hydrogen (secondary N) is 1. The second-order valence-electron chi connectivity index (χ2n) is 4.89. The van der Waals surface area contributed by atoms with Crippen molar-refractivity contribution in [3.05, 3.63) is 29.8 Å². The van der Waals surface area contributed by atoms with Gasteiger partial charge in [0, 0.05) is 42.9 Å². The van der Waals surface area contributed by atoms with Crippen LogP contribution in [0.3, 0.4) is 0 Å². The average Bonchev–Trinajstić information content (AvgIpc) is 2.30. The van der Waals surface area contributed by atoms with Gasteiger partial charge in [0.05, 0.1) is 0 Å². The van der Waals surface area contributed by atoms with Crippen LogP contribution in [-0.4, -0.2) is 35.5 Å². The quantitative estimate of drug-likeness (QED) is 0.884. The summed E-state index contributed by atoms with van der Waals surface area (Å²) >= 11 is 2.07. The average molecular weight is 250 g/mol. The Morgan fingerprint density at radius 1 is 1.29 bits per heavy atom. The minimum Gasteiger partial charge on any atom is -0.383 e. The minimum atomic E-state index is 0.497. The maximum atomic E-state index is 3.46. The highest BCUT2D eigenvalue weighted by atomic mass is 32.2. The van der Waals surface area contributed by atoms with E-state index in [1.807, 2.05) is 0 Å². The molecule has 1 aliphatic heterocycles. The van der Waals surface area contributed by atoms with E-state index < -0.39 is 0 Å². The summed E-state index contributed by atoms with van der Waals surface area (Å²) in [7, 11) is 0. The Labute approximate surface area is 109 Å². The molecule has 0 radical (unpaired) electrons. The topological polar surface area (TPSA) is 15.3 Å². The van der Waals surface area contributed by atoms with Gasteiger partial charge in [-0.25, -0.2) is 0 Å². The van der Waals surface area contributed by atoms with Crippen molar-refractivity contribution in [1.82, 2.24) is 4.90 Å². The van der Waals surface area contributed by atoms with E-state index in [9.17, 15) is 0 Å². The van der Waals surface area contributed by atoms with E-state index >= 15 is 0 Å². The summed E-state index contributed by atoms with van der Waals surface area (Å²) < 4.78 is 0. The van der Waals surface area contributed by atoms with Crippen LogP contribution >= 0.6 is 11.8 Å². The third-order valence-electron chi connectivity index (χ3n) is 2.89. The fraction of sp³-hybridized carbons (Fsp3) is 0.571. The van der Waals surface area contributed by atoms with Crippen molar-refractivity contribution < 1.29 is 0 Å². The maximum Gasteiger partial charge on any atom is 0.0345 e. The molecule has 1 heterocycles. The summed E-state index contributed by atoms with van der Waals surface area (Å²) in [5, 5.41) is 3.46. The van der Waals surface area contributed by atoms with Gasteiger partial charge in [0.15, 0.2) is 0 Å². The lowest BCUT2D eigenvalue weighted by atomic mass is 10.1. The summed E-state index contributed by atoms with van der Waals surface area (Å²) in [6.45, 7) is 7.90. The maximum absolute atomic E-state index is 3.46. The Morgan fingerprint density at radius 3 is 2.76 bits per heavy atom. The van der Waals surface area contributed by atoms with Crippen LogP contribution in [-0.2, 0) is 6.54 Å². The number of hydrogen-bond donors (Lipinski definition) is 1. The molecule has 1 N–H and O–H groups in total. The molecule has 0 spiro atoms. The van der Waals surface area contributed by atoms with Crippen LogP contribution < -0.4 is 5.32 Å². The van der Waals surface area contributed by atoms with Crippen LogP contribution in [0.15, 0.2) is 24.3 Å². The molecule has 0 aromatic heterocycles. The summed E-state index contributed by atoms with van der Waals surface area (Å²) in [6, 6.07) is 9.31. The fourth-order valence-electron chi connectivity index (χ4n) is 2.11. The van der Waals surface area contributed by atoms with Gasteiger partial charge in [-0.05, 0) is 31.5 Å². The standard InChI is InChI=1S/C14H22N2S/c1-12(2)15-14-5-3-4-13(10-14)11-16-6-8-17-9-7-16/h3-5,10,12,15H,6-9,11H2,1-2H3. The van der Waals surface area contributed by atoms with Crippen molar-refractivity contribution in [2.75, 3.05) is 29.9 Å². The number of nitrogens with zero attached hydrogens (tertiary/aromatic N) is 1. The minimum absolute atomic E-state index is 0.497. The molecule has 1 aliphatic rings. The first-order valence-electron chi connectivity index (χ1n) is 6.39. The zero-order chi connectivity index (χ0) is 12.1. The molecule has 0 amide bonds. The number of anilines is 1. The summed E-state index contributed by atoms with van der Waals surface area (Å²) in [5.41, 5.74) is 2.66. The molecule has 1 saturated heterocycles. The lowest BCUT2D eigenvalue weighted by molar-refractivity contribution is 0.294. The largest absolute Gasteiger partial charge is 0.383 e. The van der Waals surface area contributed by atoms with Crippen molar-refractivity contribution in [2.24, 2.45) is 0 Å². The Kier molecular flexibility index (Phi) is 4.75. The Balaban J connectivity index is 1.95. The molecule has 2 rings (SSSR count). The molecule has 0 saturated carbocycles. The van der Waals surface area contributed by atoms with Crippen molar-refractivity contribution in [3.8, 4) is 0 Å². The fourth-order valence-corrected chi connectivity index (χ4v) is 3.09. The Hall–Kier alpha value is -0.670. The first-order valence-corrected chi connectivity index (χ1v) is 7.55. The Bertz CT molecular complexity index is 346. The highest BCUT2D eigenvalue weighted by molar-refractivity contribution is 7.99. The zero-order valence-corrected chi connectivity index (χ0v) is 11.6. The molecule has 1 fully saturated rings. The van der Waals surface area contributed by atoms with E-state index in [1.165, 1.54) is 35.8 Å². The predicted octanol–water partition coefficient (Wildman–Crippen LogP) is 3.06. The van der Waals surface area contributed by atoms with Gasteiger partial charge in [-0.1, -0.05) is 12.1 Å². The van der Waals surface area contributed by atoms with Crippen LogP contribution in [0.25, 0.3) is 0 Å². The van der Waals surface area contributed by atoms with Crippen LogP contribution in [0.2, 0.25) is 0 Å². The summed E-state index contributed by atoms with van der Waals surface area (Å²) in [5.74, 6) is 2.56. The van der Waals surface area contributed by atoms with Gasteiger partial charge in [0.1, 0.15) is 0 Å². The summed E-state index contributed by atoms with van der Waals surface area (Å²) in [4.78, 5) is 2.55. The molecule has 0 aliphatic carbocycles. The molecule has 17 heavy (non-hydrogen) atoms. The molecule has 94 valence electrons. The predicted molar refractivity (Wildman–Crippen MR) is 77.8 cm³/mol. The van der Waals surface area contributed by atoms with E-state index in [2.05, 4.69) is 60.1 Å². The zero-order valence-electron chi connectivity index (χ0n) is 10.8. The highest BCUT2D eigenvalue weighted by Crippen LogP contribution is 2.16. The van der Waals surface area contributed by atoms with E-state index in [1.54, 1.807) is 0 Å². The SMILES string of the molecule is CC(C)Nc1cccc(CN2CCSCC2)c1. The van der Waals surface area contributed by atoms with Crippen LogP contribution in [0.1, 0.15) is 19.4 Å². The van der Waals surface area contributed by atoms with Gasteiger partial charge in [-0.3, -0.25) is 4.90 Å². The third-order valence-corrected chi connectivity index (χ3v) is 3.83. The van der Waals surface area contributed by atoms with Gasteiger partial charge in [0.25, 0.3) is 0 Å². The number of hydrogen-bond acceptors (Lipinski definition) is 3. The molecule has 0 bridgehead atoms. The van der Waals surface area contributed by atoms with Gasteiger partial charge in [-0.15, -0.1) is 0 Å². The second kappa shape index (κ2) is 6.31. The molecule has 3 heteroatoms. The van der Waals surface area contributed by atoms with Gasteiger partial charge in [0.2, 0.25) is 0 Å². The van der Waals surface area contributed by atoms with E-state index in [0.717, 1.165) is 6.54 Å². The van der Waals surface area contributed by atoms with Gasteiger partial charge >= 0.3 is 0 Å². The molecule has 0 atom stereocenters. The van der Waals surface area contributed by atoms with Crippen LogP contribution in [0.4, 0.5) is 5.69 Å². The van der Waals surface area contributed by atoms with Crippen molar-refractivity contribution in [3.63, 3.8) is 0 Å². The van der Waals surface area contributed by atoms with Gasteiger partial charge < -0.3 is 5.32 Å². The first kappa shape index (κ1) is 12.8. The molecule has 2 nitrogen and oxygen atoms in total. The lowest BCUT2D eigenvalue weighted by Gasteiger charge is -2.26. The number of rotatable bonds is 4. The van der Waals surface area contributed by atoms with Crippen molar-refractivity contribution in [2.45, 2.75) is 26.4 Å². The smallest absolute Gasteiger partial charge is 0.0345 e. The lowest BCUT2D eigenvalue weighted by Crippen LogP contribution is -2.31. The Morgan fingerprint density at radius 2 is 2.06 bits per heavy atom. The van der Waals surface area contributed by atoms with Gasteiger partial charge in [-0.2, -0.15) is 11.8 Å². The van der Waals surface area contributed by atoms with E-state index in [-0.39, 0.29) is 0 Å². The second-order valence-corrected chi connectivity index (χ2v) is 6.11. The molecule has 0 unspecified atom stereocenters. The molecule has 1 aromatic carbocycles. The van der Waals surface area contributed by atoms with E-state index in [4.69, 9.17) is 0 Å². The third kappa shape index (κ3) is 4.25.